The molecule has 1 atom stereocenters. The monoisotopic (exact) mass is 216 g/mol. The predicted octanol–water partition coefficient (Wildman–Crippen LogP) is 1.08. The van der Waals surface area contributed by atoms with Gasteiger partial charge in [0.2, 0.25) is 5.91 Å². The number of aliphatic hydroxyl groups excluding tert-OH is 1. The highest BCUT2D eigenvalue weighted by atomic mass is 16.3. The summed E-state index contributed by atoms with van der Waals surface area (Å²) >= 11 is 0. The summed E-state index contributed by atoms with van der Waals surface area (Å²) in [4.78, 5) is 12.6. The van der Waals surface area contributed by atoms with E-state index in [0.29, 0.717) is 0 Å². The van der Waals surface area contributed by atoms with E-state index >= 15 is 0 Å². The fraction of sp³-hybridized carbons (Fsp3) is 0.909. The summed E-state index contributed by atoms with van der Waals surface area (Å²) < 4.78 is 0. The predicted molar refractivity (Wildman–Crippen MR) is 61.2 cm³/mol. The van der Waals surface area contributed by atoms with Gasteiger partial charge in [0.1, 0.15) is 6.23 Å². The van der Waals surface area contributed by atoms with E-state index in [1.807, 2.05) is 4.90 Å². The second-order valence-electron chi connectivity index (χ2n) is 3.89. The Balaban J connectivity index is 4.00. The van der Waals surface area contributed by atoms with Crippen molar-refractivity contribution in [1.29, 1.82) is 0 Å². The van der Waals surface area contributed by atoms with Crippen LogP contribution in [0.1, 0.15) is 46.0 Å². The smallest absolute Gasteiger partial charge is 0.221 e. The topological polar surface area (TPSA) is 66.6 Å². The number of hydrogen-bond donors (Lipinski definition) is 2. The first-order valence-corrected chi connectivity index (χ1v) is 5.82. The van der Waals surface area contributed by atoms with Gasteiger partial charge in [-0.05, 0) is 12.8 Å². The lowest BCUT2D eigenvalue weighted by Gasteiger charge is -2.26. The van der Waals surface area contributed by atoms with Crippen LogP contribution in [0.5, 0.6) is 0 Å². The Morgan fingerprint density at radius 3 is 2.07 bits per heavy atom. The number of aliphatic hydroxyl groups is 1. The van der Waals surface area contributed by atoms with Crippen LogP contribution in [0.3, 0.4) is 0 Å². The van der Waals surface area contributed by atoms with Crippen LogP contribution in [0.25, 0.3) is 0 Å². The molecule has 0 aliphatic heterocycles. The molecule has 0 aromatic rings. The first-order chi connectivity index (χ1) is 7.11. The Morgan fingerprint density at radius 2 is 1.73 bits per heavy atom. The Bertz CT molecular complexity index is 166. The fourth-order valence-electron chi connectivity index (χ4n) is 1.44. The summed E-state index contributed by atoms with van der Waals surface area (Å²) in [6.45, 7) is 5.90. The van der Waals surface area contributed by atoms with Crippen LogP contribution in [0.15, 0.2) is 0 Å². The van der Waals surface area contributed by atoms with Gasteiger partial charge < -0.3 is 10.8 Å². The molecule has 1 unspecified atom stereocenters. The van der Waals surface area contributed by atoms with E-state index in [9.17, 15) is 9.90 Å². The Kier molecular flexibility index (Phi) is 8.33. The molecular formula is C11H24N2O2. The number of amides is 1. The van der Waals surface area contributed by atoms with Gasteiger partial charge in [-0.25, -0.2) is 0 Å². The van der Waals surface area contributed by atoms with Gasteiger partial charge in [0.25, 0.3) is 0 Å². The van der Waals surface area contributed by atoms with Crippen molar-refractivity contribution < 1.29 is 9.90 Å². The molecule has 0 rings (SSSR count). The van der Waals surface area contributed by atoms with Gasteiger partial charge in [-0.3, -0.25) is 9.69 Å². The highest BCUT2D eigenvalue weighted by Gasteiger charge is 2.16. The number of nitrogens with two attached hydrogens (primary N) is 1. The first kappa shape index (κ1) is 14.4. The van der Waals surface area contributed by atoms with E-state index in [4.69, 9.17) is 5.73 Å². The number of nitrogens with zero attached hydrogens (tertiary/aromatic N) is 1. The molecule has 4 nitrogen and oxygen atoms in total. The maximum Gasteiger partial charge on any atom is 0.221 e. The highest BCUT2D eigenvalue weighted by molar-refractivity contribution is 5.74. The van der Waals surface area contributed by atoms with Crippen LogP contribution < -0.4 is 5.73 Å². The molecule has 3 N–H and O–H groups in total. The van der Waals surface area contributed by atoms with E-state index in [-0.39, 0.29) is 6.42 Å². The summed E-state index contributed by atoms with van der Waals surface area (Å²) in [6, 6.07) is 0. The Hall–Kier alpha value is -0.610. The number of hydrogen-bond acceptors (Lipinski definition) is 3. The van der Waals surface area contributed by atoms with Gasteiger partial charge >= 0.3 is 0 Å². The van der Waals surface area contributed by atoms with E-state index in [2.05, 4.69) is 13.8 Å². The molecule has 0 aliphatic carbocycles. The van der Waals surface area contributed by atoms with Crippen molar-refractivity contribution in [3.8, 4) is 0 Å². The van der Waals surface area contributed by atoms with E-state index in [1.54, 1.807) is 0 Å². The molecule has 0 radical (unpaired) electrons. The van der Waals surface area contributed by atoms with Crippen LogP contribution >= 0.6 is 0 Å². The molecule has 0 spiro atoms. The fourth-order valence-corrected chi connectivity index (χ4v) is 1.44. The molecule has 0 aromatic carbocycles. The summed E-state index contributed by atoms with van der Waals surface area (Å²) in [6.07, 6.45) is 3.59. The zero-order valence-corrected chi connectivity index (χ0v) is 9.91. The zero-order valence-electron chi connectivity index (χ0n) is 9.91. The number of primary amides is 1. The minimum atomic E-state index is -0.708. The second kappa shape index (κ2) is 8.68. The van der Waals surface area contributed by atoms with Crippen LogP contribution in [-0.4, -0.2) is 35.2 Å². The van der Waals surface area contributed by atoms with Gasteiger partial charge in [0.05, 0.1) is 6.42 Å². The molecule has 0 aromatic heterocycles. The molecule has 0 aliphatic rings. The van der Waals surface area contributed by atoms with Crippen LogP contribution in [0, 0.1) is 0 Å². The van der Waals surface area contributed by atoms with Crippen molar-refractivity contribution in [1.82, 2.24) is 4.90 Å². The average molecular weight is 216 g/mol. The van der Waals surface area contributed by atoms with Gasteiger partial charge in [0.15, 0.2) is 0 Å². The van der Waals surface area contributed by atoms with Crippen LogP contribution in [-0.2, 0) is 4.79 Å². The van der Waals surface area contributed by atoms with Crippen molar-refractivity contribution in [3.05, 3.63) is 0 Å². The molecule has 15 heavy (non-hydrogen) atoms. The lowest BCUT2D eigenvalue weighted by molar-refractivity contribution is -0.123. The summed E-state index contributed by atoms with van der Waals surface area (Å²) in [5.41, 5.74) is 5.06. The third kappa shape index (κ3) is 7.33. The van der Waals surface area contributed by atoms with Gasteiger partial charge in [-0.1, -0.05) is 26.7 Å². The minimum absolute atomic E-state index is 0.0351. The standard InChI is InChI=1S/C11H24N2O2/c1-3-5-7-13(8-6-4-2)11(15)9-10(12)14/h11,15H,3-9H2,1-2H3,(H2,12,14). The molecule has 4 heteroatoms. The molecule has 0 saturated carbocycles. The maximum absolute atomic E-state index is 10.7. The highest BCUT2D eigenvalue weighted by Crippen LogP contribution is 2.05. The molecule has 1 amide bonds. The number of unbranched alkanes of at least 4 members (excludes halogenated alkanes) is 2. The molecule has 0 fully saturated rings. The van der Waals surface area contributed by atoms with E-state index < -0.39 is 12.1 Å². The second-order valence-corrected chi connectivity index (χ2v) is 3.89. The first-order valence-electron chi connectivity index (χ1n) is 5.82. The molecule has 0 bridgehead atoms. The quantitative estimate of drug-likeness (QED) is 0.567. The van der Waals surface area contributed by atoms with Gasteiger partial charge in [-0.15, -0.1) is 0 Å². The Labute approximate surface area is 92.4 Å². The SMILES string of the molecule is CCCCN(CCCC)C(O)CC(N)=O. The molecule has 90 valence electrons. The minimum Gasteiger partial charge on any atom is -0.378 e. The van der Waals surface area contributed by atoms with Crippen molar-refractivity contribution in [2.45, 2.75) is 52.2 Å². The molecule has 0 heterocycles. The van der Waals surface area contributed by atoms with Crippen molar-refractivity contribution in [3.63, 3.8) is 0 Å². The van der Waals surface area contributed by atoms with Crippen LogP contribution in [0.4, 0.5) is 0 Å². The summed E-state index contributed by atoms with van der Waals surface area (Å²) in [7, 11) is 0. The summed E-state index contributed by atoms with van der Waals surface area (Å²) in [5, 5.41) is 9.76. The lowest BCUT2D eigenvalue weighted by atomic mass is 10.2. The maximum atomic E-state index is 10.7. The van der Waals surface area contributed by atoms with Crippen molar-refractivity contribution in [2.75, 3.05) is 13.1 Å². The Morgan fingerprint density at radius 1 is 1.27 bits per heavy atom. The third-order valence-corrected chi connectivity index (χ3v) is 2.40. The van der Waals surface area contributed by atoms with Crippen molar-refractivity contribution >= 4 is 5.91 Å². The number of rotatable bonds is 9. The third-order valence-electron chi connectivity index (χ3n) is 2.40. The van der Waals surface area contributed by atoms with E-state index in [0.717, 1.165) is 38.8 Å². The van der Waals surface area contributed by atoms with E-state index in [1.165, 1.54) is 0 Å². The lowest BCUT2D eigenvalue weighted by Crippen LogP contribution is -2.39. The van der Waals surface area contributed by atoms with Gasteiger partial charge in [0, 0.05) is 13.1 Å². The summed E-state index contributed by atoms with van der Waals surface area (Å²) in [5.74, 6) is -0.444. The van der Waals surface area contributed by atoms with Crippen molar-refractivity contribution in [2.24, 2.45) is 5.73 Å². The number of carbonyl (C=O) groups excluding carboxylic acids is 1. The van der Waals surface area contributed by atoms with Crippen LogP contribution in [0.2, 0.25) is 0 Å². The number of carbonyl (C=O) groups is 1. The normalized spacial score (nSPS) is 13.1. The molecule has 0 saturated heterocycles. The largest absolute Gasteiger partial charge is 0.378 e. The average Bonchev–Trinajstić information content (AvgIpc) is 2.17. The zero-order chi connectivity index (χ0) is 11.7. The molecular weight excluding hydrogens is 192 g/mol. The van der Waals surface area contributed by atoms with Gasteiger partial charge in [-0.2, -0.15) is 0 Å².